The molecule has 1 aromatic rings. The van der Waals surface area contributed by atoms with Gasteiger partial charge in [0, 0.05) is 31.3 Å². The first-order chi connectivity index (χ1) is 12.4. The third-order valence-corrected chi connectivity index (χ3v) is 5.31. The molecule has 2 saturated heterocycles. The number of hydrogen-bond acceptors (Lipinski definition) is 4. The Morgan fingerprint density at radius 3 is 2.69 bits per heavy atom. The molecule has 2 amide bonds. The Balaban J connectivity index is 1.51. The van der Waals surface area contributed by atoms with Gasteiger partial charge >= 0.3 is 0 Å². The summed E-state index contributed by atoms with van der Waals surface area (Å²) in [4.78, 5) is 37.9. The van der Waals surface area contributed by atoms with Crippen LogP contribution in [0.4, 0.5) is 0 Å². The molecule has 142 valence electrons. The Morgan fingerprint density at radius 2 is 2.04 bits per heavy atom. The van der Waals surface area contributed by atoms with E-state index in [0.29, 0.717) is 19.7 Å². The van der Waals surface area contributed by atoms with Gasteiger partial charge in [0.25, 0.3) is 5.56 Å². The smallest absolute Gasteiger partial charge is 0.250 e. The molecule has 0 saturated carbocycles. The quantitative estimate of drug-likeness (QED) is 0.859. The number of nitrogens with zero attached hydrogens (tertiary/aromatic N) is 2. The summed E-state index contributed by atoms with van der Waals surface area (Å²) in [7, 11) is 0. The van der Waals surface area contributed by atoms with Gasteiger partial charge in [-0.1, -0.05) is 19.9 Å². The second kappa shape index (κ2) is 7.61. The van der Waals surface area contributed by atoms with E-state index in [1.54, 1.807) is 23.2 Å². The molecule has 26 heavy (non-hydrogen) atoms. The highest BCUT2D eigenvalue weighted by molar-refractivity contribution is 5.78. The fraction of sp³-hybridized carbons (Fsp3) is 0.632. The summed E-state index contributed by atoms with van der Waals surface area (Å²) in [6.07, 6.45) is 3.95. The molecule has 7 heteroatoms. The zero-order valence-corrected chi connectivity index (χ0v) is 15.4. The number of nitrogens with one attached hydrogen (secondary N) is 1. The van der Waals surface area contributed by atoms with Crippen molar-refractivity contribution >= 4 is 11.8 Å². The van der Waals surface area contributed by atoms with Crippen molar-refractivity contribution in [2.45, 2.75) is 51.3 Å². The molecule has 0 bridgehead atoms. The van der Waals surface area contributed by atoms with E-state index in [1.807, 2.05) is 13.8 Å². The van der Waals surface area contributed by atoms with Crippen molar-refractivity contribution in [3.05, 3.63) is 34.7 Å². The van der Waals surface area contributed by atoms with Crippen molar-refractivity contribution in [2.75, 3.05) is 19.7 Å². The number of carbonyl (C=O) groups excluding carboxylic acids is 2. The number of amides is 2. The highest BCUT2D eigenvalue weighted by Crippen LogP contribution is 2.36. The Hall–Kier alpha value is -2.15. The third kappa shape index (κ3) is 4.15. The van der Waals surface area contributed by atoms with Crippen LogP contribution in [0.15, 0.2) is 29.2 Å². The van der Waals surface area contributed by atoms with Gasteiger partial charge in [0.2, 0.25) is 11.8 Å². The van der Waals surface area contributed by atoms with E-state index in [1.165, 1.54) is 10.6 Å². The number of piperidine rings is 1. The van der Waals surface area contributed by atoms with Crippen LogP contribution in [0.5, 0.6) is 0 Å². The SMILES string of the molecule is CC(C)C(=O)N[C@H]1COC2(CCN(C(=O)Cn3ccccc3=O)CC2)C1. The lowest BCUT2D eigenvalue weighted by molar-refractivity contribution is -0.136. The number of likely N-dealkylation sites (tertiary alicyclic amines) is 1. The highest BCUT2D eigenvalue weighted by Gasteiger charge is 2.43. The highest BCUT2D eigenvalue weighted by atomic mass is 16.5. The predicted octanol–water partition coefficient (Wildman–Crippen LogP) is 0.771. The standard InChI is InChI=1S/C19H27N3O4/c1-14(2)18(25)20-15-11-19(26-13-15)6-9-21(10-7-19)17(24)12-22-8-4-3-5-16(22)23/h3-5,8,14-15H,6-7,9-13H2,1-2H3,(H,20,25)/t15-/m1/s1. The maximum Gasteiger partial charge on any atom is 0.250 e. The number of aromatic nitrogens is 1. The summed E-state index contributed by atoms with van der Waals surface area (Å²) in [5, 5.41) is 3.04. The van der Waals surface area contributed by atoms with E-state index in [0.717, 1.165) is 19.3 Å². The zero-order chi connectivity index (χ0) is 18.7. The second-order valence-corrected chi connectivity index (χ2v) is 7.61. The zero-order valence-electron chi connectivity index (χ0n) is 15.4. The average molecular weight is 361 g/mol. The number of pyridine rings is 1. The van der Waals surface area contributed by atoms with E-state index >= 15 is 0 Å². The average Bonchev–Trinajstić information content (AvgIpc) is 2.99. The Labute approximate surface area is 153 Å². The Bertz CT molecular complexity index is 719. The van der Waals surface area contributed by atoms with Gasteiger partial charge in [-0.2, -0.15) is 0 Å². The van der Waals surface area contributed by atoms with Gasteiger partial charge in [0.15, 0.2) is 0 Å². The largest absolute Gasteiger partial charge is 0.373 e. The summed E-state index contributed by atoms with van der Waals surface area (Å²) >= 11 is 0. The van der Waals surface area contributed by atoms with Crippen molar-refractivity contribution in [1.29, 1.82) is 0 Å². The Morgan fingerprint density at radius 1 is 1.31 bits per heavy atom. The Kier molecular flexibility index (Phi) is 5.46. The van der Waals surface area contributed by atoms with Crippen molar-refractivity contribution in [3.63, 3.8) is 0 Å². The lowest BCUT2D eigenvalue weighted by atomic mass is 9.87. The van der Waals surface area contributed by atoms with E-state index < -0.39 is 0 Å². The van der Waals surface area contributed by atoms with Crippen LogP contribution >= 0.6 is 0 Å². The maximum atomic E-state index is 12.5. The second-order valence-electron chi connectivity index (χ2n) is 7.61. The molecule has 7 nitrogen and oxygen atoms in total. The molecular weight excluding hydrogens is 334 g/mol. The van der Waals surface area contributed by atoms with E-state index in [9.17, 15) is 14.4 Å². The molecule has 0 aromatic carbocycles. The molecule has 0 radical (unpaired) electrons. The van der Waals surface area contributed by atoms with Gasteiger partial charge in [-0.3, -0.25) is 14.4 Å². The summed E-state index contributed by atoms with van der Waals surface area (Å²) < 4.78 is 7.46. The van der Waals surface area contributed by atoms with E-state index in [-0.39, 0.29) is 41.5 Å². The number of rotatable bonds is 4. The lowest BCUT2D eigenvalue weighted by Gasteiger charge is -2.38. The summed E-state index contributed by atoms with van der Waals surface area (Å²) in [5.41, 5.74) is -0.410. The molecule has 3 heterocycles. The van der Waals surface area contributed by atoms with Crippen LogP contribution in [0.3, 0.4) is 0 Å². The summed E-state index contributed by atoms with van der Waals surface area (Å²) in [6.45, 7) is 5.59. The lowest BCUT2D eigenvalue weighted by Crippen LogP contribution is -2.48. The van der Waals surface area contributed by atoms with Crippen LogP contribution in [0, 0.1) is 5.92 Å². The van der Waals surface area contributed by atoms with Crippen molar-refractivity contribution < 1.29 is 14.3 Å². The van der Waals surface area contributed by atoms with Crippen LogP contribution in [0.25, 0.3) is 0 Å². The monoisotopic (exact) mass is 361 g/mol. The minimum absolute atomic E-state index is 0.0348. The molecule has 1 aromatic heterocycles. The molecule has 0 unspecified atom stereocenters. The van der Waals surface area contributed by atoms with Crippen molar-refractivity contribution in [3.8, 4) is 0 Å². The van der Waals surface area contributed by atoms with Crippen LogP contribution in [-0.2, 0) is 20.9 Å². The van der Waals surface area contributed by atoms with Crippen LogP contribution in [0.2, 0.25) is 0 Å². The van der Waals surface area contributed by atoms with Gasteiger partial charge in [-0.05, 0) is 25.3 Å². The molecule has 1 atom stereocenters. The molecule has 1 spiro atoms. The first-order valence-electron chi connectivity index (χ1n) is 9.26. The summed E-state index contributed by atoms with van der Waals surface area (Å²) in [6, 6.07) is 4.92. The number of carbonyl (C=O) groups is 2. The molecule has 1 N–H and O–H groups in total. The molecule has 2 aliphatic heterocycles. The third-order valence-electron chi connectivity index (χ3n) is 5.31. The molecule has 0 aliphatic carbocycles. The fourth-order valence-electron chi connectivity index (χ4n) is 3.65. The van der Waals surface area contributed by atoms with Gasteiger partial charge in [-0.15, -0.1) is 0 Å². The van der Waals surface area contributed by atoms with Gasteiger partial charge in [0.1, 0.15) is 6.54 Å². The predicted molar refractivity (Wildman–Crippen MR) is 96.6 cm³/mol. The van der Waals surface area contributed by atoms with Crippen LogP contribution in [0.1, 0.15) is 33.1 Å². The van der Waals surface area contributed by atoms with Crippen molar-refractivity contribution in [2.24, 2.45) is 5.92 Å². The topological polar surface area (TPSA) is 80.6 Å². The molecule has 2 fully saturated rings. The van der Waals surface area contributed by atoms with Gasteiger partial charge in [0.05, 0.1) is 18.2 Å². The summed E-state index contributed by atoms with van der Waals surface area (Å²) in [5.74, 6) is -0.0280. The molecule has 3 rings (SSSR count). The fourth-order valence-corrected chi connectivity index (χ4v) is 3.65. The van der Waals surface area contributed by atoms with Gasteiger partial charge in [-0.25, -0.2) is 0 Å². The van der Waals surface area contributed by atoms with Crippen molar-refractivity contribution in [1.82, 2.24) is 14.8 Å². The number of ether oxygens (including phenoxy) is 1. The minimum Gasteiger partial charge on any atom is -0.373 e. The first kappa shape index (κ1) is 18.6. The normalized spacial score (nSPS) is 22.0. The minimum atomic E-state index is -0.241. The van der Waals surface area contributed by atoms with E-state index in [4.69, 9.17) is 4.74 Å². The molecule has 2 aliphatic rings. The maximum absolute atomic E-state index is 12.5. The van der Waals surface area contributed by atoms with Crippen LogP contribution < -0.4 is 10.9 Å². The van der Waals surface area contributed by atoms with E-state index in [2.05, 4.69) is 5.32 Å². The molecular formula is C19H27N3O4. The van der Waals surface area contributed by atoms with Crippen LogP contribution in [-0.4, -0.2) is 52.6 Å². The van der Waals surface area contributed by atoms with Gasteiger partial charge < -0.3 is 19.5 Å². The number of hydrogen-bond donors (Lipinski definition) is 1. The first-order valence-corrected chi connectivity index (χ1v) is 9.26.